The predicted molar refractivity (Wildman–Crippen MR) is 86.9 cm³/mol. The molecule has 0 amide bonds. The number of pyridine rings is 1. The molecule has 0 spiro atoms. The zero-order chi connectivity index (χ0) is 16.0. The van der Waals surface area contributed by atoms with Gasteiger partial charge >= 0.3 is 0 Å². The van der Waals surface area contributed by atoms with Gasteiger partial charge in [-0.25, -0.2) is 13.4 Å². The largest absolute Gasteiger partial charge is 0.372 e. The van der Waals surface area contributed by atoms with Gasteiger partial charge in [-0.05, 0) is 30.9 Å². The summed E-state index contributed by atoms with van der Waals surface area (Å²) in [6.45, 7) is 8.64. The van der Waals surface area contributed by atoms with E-state index in [4.69, 9.17) is 0 Å². The maximum atomic E-state index is 13.1. The summed E-state index contributed by atoms with van der Waals surface area (Å²) in [5.74, 6) is 0.673. The smallest absolute Gasteiger partial charge is 0.247 e. The Morgan fingerprint density at radius 2 is 1.90 bits per heavy atom. The van der Waals surface area contributed by atoms with Gasteiger partial charge in [0.2, 0.25) is 10.0 Å². The first-order chi connectivity index (χ1) is 9.88. The van der Waals surface area contributed by atoms with Crippen LogP contribution in [0.15, 0.2) is 23.2 Å². The summed E-state index contributed by atoms with van der Waals surface area (Å²) >= 11 is 0. The molecular weight excluding hydrogens is 286 g/mol. The summed E-state index contributed by atoms with van der Waals surface area (Å²) in [5, 5.41) is 2.87. The molecule has 0 aliphatic heterocycles. The second kappa shape index (κ2) is 7.75. The molecule has 1 aromatic heterocycles. The number of sulfonamides is 1. The number of hydrogen-bond donors (Lipinski definition) is 1. The van der Waals surface area contributed by atoms with E-state index in [1.54, 1.807) is 29.7 Å². The molecule has 0 fully saturated rings. The van der Waals surface area contributed by atoms with Crippen molar-refractivity contribution < 1.29 is 8.42 Å². The van der Waals surface area contributed by atoms with Crippen molar-refractivity contribution in [3.8, 4) is 0 Å². The molecule has 1 rings (SSSR count). The lowest BCUT2D eigenvalue weighted by atomic mass is 10.1. The van der Waals surface area contributed by atoms with Gasteiger partial charge in [-0.2, -0.15) is 4.31 Å². The third-order valence-corrected chi connectivity index (χ3v) is 5.44. The van der Waals surface area contributed by atoms with Gasteiger partial charge in [-0.3, -0.25) is 0 Å². The van der Waals surface area contributed by atoms with Crippen LogP contribution in [0.25, 0.3) is 0 Å². The van der Waals surface area contributed by atoms with Crippen LogP contribution in [-0.2, 0) is 10.0 Å². The number of hydrogen-bond acceptors (Lipinski definition) is 4. The minimum absolute atomic E-state index is 0.0160. The van der Waals surface area contributed by atoms with Crippen LogP contribution < -0.4 is 5.32 Å². The molecule has 0 aliphatic carbocycles. The van der Waals surface area contributed by atoms with E-state index in [9.17, 15) is 8.42 Å². The molecule has 0 saturated carbocycles. The van der Waals surface area contributed by atoms with E-state index >= 15 is 0 Å². The topological polar surface area (TPSA) is 62.3 Å². The normalized spacial score (nSPS) is 12.4. The zero-order valence-corrected chi connectivity index (χ0v) is 14.4. The first-order valence-corrected chi connectivity index (χ1v) is 8.97. The maximum Gasteiger partial charge on any atom is 0.247 e. The summed E-state index contributed by atoms with van der Waals surface area (Å²) < 4.78 is 27.7. The number of anilines is 1. The van der Waals surface area contributed by atoms with Gasteiger partial charge < -0.3 is 5.32 Å². The van der Waals surface area contributed by atoms with E-state index in [2.05, 4.69) is 10.3 Å². The number of aromatic nitrogens is 1. The molecule has 0 radical (unpaired) electrons. The lowest BCUT2D eigenvalue weighted by molar-refractivity contribution is 0.277. The molecule has 21 heavy (non-hydrogen) atoms. The molecule has 5 nitrogen and oxygen atoms in total. The average molecular weight is 313 g/mol. The quantitative estimate of drug-likeness (QED) is 0.801. The Morgan fingerprint density at radius 3 is 2.38 bits per heavy atom. The highest BCUT2D eigenvalue weighted by molar-refractivity contribution is 7.89. The second-order valence-corrected chi connectivity index (χ2v) is 7.40. The second-order valence-electron chi connectivity index (χ2n) is 5.54. The maximum absolute atomic E-state index is 13.1. The standard InChI is InChI=1S/C15H27N3O2S/c1-6-13(7-2)18(11-12(3)4)21(19,20)14-9-8-10-17-15(14)16-5/h8-10,12-13H,6-7,11H2,1-5H3,(H,16,17). The fourth-order valence-corrected chi connectivity index (χ4v) is 4.50. The van der Waals surface area contributed by atoms with E-state index in [1.165, 1.54) is 0 Å². The highest BCUT2D eigenvalue weighted by Crippen LogP contribution is 2.26. The van der Waals surface area contributed by atoms with Crippen molar-refractivity contribution in [1.29, 1.82) is 0 Å². The van der Waals surface area contributed by atoms with E-state index < -0.39 is 10.0 Å². The molecular formula is C15H27N3O2S. The van der Waals surface area contributed by atoms with Crippen molar-refractivity contribution in [3.05, 3.63) is 18.3 Å². The fourth-order valence-electron chi connectivity index (χ4n) is 2.41. The van der Waals surface area contributed by atoms with Crippen LogP contribution in [0.1, 0.15) is 40.5 Å². The Balaban J connectivity index is 3.32. The highest BCUT2D eigenvalue weighted by Gasteiger charge is 2.32. The molecule has 0 saturated heterocycles. The monoisotopic (exact) mass is 313 g/mol. The van der Waals surface area contributed by atoms with Crippen LogP contribution in [0, 0.1) is 5.92 Å². The van der Waals surface area contributed by atoms with Crippen LogP contribution >= 0.6 is 0 Å². The third kappa shape index (κ3) is 4.17. The van der Waals surface area contributed by atoms with Crippen molar-refractivity contribution in [2.75, 3.05) is 18.9 Å². The van der Waals surface area contributed by atoms with Gasteiger partial charge in [0.05, 0.1) is 0 Å². The van der Waals surface area contributed by atoms with E-state index in [0.717, 1.165) is 12.8 Å². The molecule has 6 heteroatoms. The Hall–Kier alpha value is -1.14. The zero-order valence-electron chi connectivity index (χ0n) is 13.6. The minimum atomic E-state index is -3.55. The molecule has 0 atom stereocenters. The predicted octanol–water partition coefficient (Wildman–Crippen LogP) is 2.96. The third-order valence-electron chi connectivity index (χ3n) is 3.49. The van der Waals surface area contributed by atoms with Crippen molar-refractivity contribution in [2.24, 2.45) is 5.92 Å². The van der Waals surface area contributed by atoms with Crippen molar-refractivity contribution >= 4 is 15.8 Å². The van der Waals surface area contributed by atoms with E-state index in [-0.39, 0.29) is 16.9 Å². The summed E-state index contributed by atoms with van der Waals surface area (Å²) in [4.78, 5) is 4.37. The van der Waals surface area contributed by atoms with Gasteiger partial charge in [0.25, 0.3) is 0 Å². The van der Waals surface area contributed by atoms with Crippen molar-refractivity contribution in [3.63, 3.8) is 0 Å². The summed E-state index contributed by atoms with van der Waals surface area (Å²) in [6, 6.07) is 3.29. The first kappa shape index (κ1) is 17.9. The van der Waals surface area contributed by atoms with Gasteiger partial charge in [0, 0.05) is 25.8 Å². The average Bonchev–Trinajstić information content (AvgIpc) is 2.47. The molecule has 1 aromatic rings. The molecule has 0 unspecified atom stereocenters. The Kier molecular flexibility index (Phi) is 6.61. The minimum Gasteiger partial charge on any atom is -0.372 e. The first-order valence-electron chi connectivity index (χ1n) is 7.53. The van der Waals surface area contributed by atoms with Crippen LogP contribution in [0.3, 0.4) is 0 Å². The molecule has 1 N–H and O–H groups in total. The summed E-state index contributed by atoms with van der Waals surface area (Å²) in [5.41, 5.74) is 0. The van der Waals surface area contributed by atoms with Gasteiger partial charge in [0.15, 0.2) is 0 Å². The van der Waals surface area contributed by atoms with Crippen molar-refractivity contribution in [1.82, 2.24) is 9.29 Å². The van der Waals surface area contributed by atoms with Crippen molar-refractivity contribution in [2.45, 2.75) is 51.5 Å². The van der Waals surface area contributed by atoms with Gasteiger partial charge in [0.1, 0.15) is 10.7 Å². The SMILES string of the molecule is CCC(CC)N(CC(C)C)S(=O)(=O)c1cccnc1NC. The Bertz CT molecular complexity index is 540. The fraction of sp³-hybridized carbons (Fsp3) is 0.667. The molecule has 0 bridgehead atoms. The molecule has 120 valence electrons. The van der Waals surface area contributed by atoms with Crippen LogP contribution in [0.5, 0.6) is 0 Å². The van der Waals surface area contributed by atoms with Crippen LogP contribution in [0.4, 0.5) is 5.82 Å². The van der Waals surface area contributed by atoms with E-state index in [0.29, 0.717) is 12.4 Å². The van der Waals surface area contributed by atoms with Crippen LogP contribution in [0.2, 0.25) is 0 Å². The number of nitrogens with one attached hydrogen (secondary N) is 1. The Labute approximate surface area is 128 Å². The highest BCUT2D eigenvalue weighted by atomic mass is 32.2. The van der Waals surface area contributed by atoms with Gasteiger partial charge in [-0.1, -0.05) is 27.7 Å². The summed E-state index contributed by atoms with van der Waals surface area (Å²) in [6.07, 6.45) is 3.20. The van der Waals surface area contributed by atoms with Gasteiger partial charge in [-0.15, -0.1) is 0 Å². The number of nitrogens with zero attached hydrogens (tertiary/aromatic N) is 2. The number of rotatable bonds is 8. The molecule has 0 aromatic carbocycles. The molecule has 1 heterocycles. The van der Waals surface area contributed by atoms with E-state index in [1.807, 2.05) is 27.7 Å². The summed E-state index contributed by atoms with van der Waals surface area (Å²) in [7, 11) is -1.87. The van der Waals surface area contributed by atoms with Crippen LogP contribution in [-0.4, -0.2) is 37.3 Å². The molecule has 0 aliphatic rings. The lowest BCUT2D eigenvalue weighted by Crippen LogP contribution is -2.42. The Morgan fingerprint density at radius 1 is 1.29 bits per heavy atom. The lowest BCUT2D eigenvalue weighted by Gasteiger charge is -2.31.